The predicted octanol–water partition coefficient (Wildman–Crippen LogP) is 2.15. The molecule has 126 valence electrons. The molecule has 8 heteroatoms. The van der Waals surface area contributed by atoms with Crippen LogP contribution in [0.2, 0.25) is 0 Å². The van der Waals surface area contributed by atoms with Crippen molar-refractivity contribution in [1.82, 2.24) is 14.7 Å². The first-order chi connectivity index (χ1) is 11.4. The lowest BCUT2D eigenvalue weighted by atomic mass is 10.2. The molecule has 0 saturated carbocycles. The molecule has 1 aliphatic rings. The van der Waals surface area contributed by atoms with E-state index >= 15 is 0 Å². The maximum atomic E-state index is 13.9. The first-order valence-corrected chi connectivity index (χ1v) is 7.44. The highest BCUT2D eigenvalue weighted by Gasteiger charge is 2.36. The number of hydrogen-bond acceptors (Lipinski definition) is 3. The van der Waals surface area contributed by atoms with Crippen LogP contribution in [0, 0.1) is 18.6 Å². The van der Waals surface area contributed by atoms with E-state index in [1.54, 1.807) is 6.92 Å². The summed E-state index contributed by atoms with van der Waals surface area (Å²) in [6.07, 6.45) is 2.31. The summed E-state index contributed by atoms with van der Waals surface area (Å²) >= 11 is 0. The fourth-order valence-corrected chi connectivity index (χ4v) is 2.90. The second-order valence-corrected chi connectivity index (χ2v) is 5.67. The van der Waals surface area contributed by atoms with Gasteiger partial charge in [0.05, 0.1) is 0 Å². The summed E-state index contributed by atoms with van der Waals surface area (Å²) in [6.45, 7) is 1.90. The van der Waals surface area contributed by atoms with E-state index in [1.807, 2.05) is 0 Å². The fourth-order valence-electron chi connectivity index (χ4n) is 2.90. The third-order valence-electron chi connectivity index (χ3n) is 4.07. The number of benzene rings is 1. The Hall–Kier alpha value is -2.77. The topological polar surface area (TPSA) is 75.4 Å². The van der Waals surface area contributed by atoms with Crippen molar-refractivity contribution in [2.24, 2.45) is 0 Å². The van der Waals surface area contributed by atoms with Crippen molar-refractivity contribution < 1.29 is 23.5 Å². The summed E-state index contributed by atoms with van der Waals surface area (Å²) < 4.78 is 28.7. The molecule has 24 heavy (non-hydrogen) atoms. The van der Waals surface area contributed by atoms with Gasteiger partial charge in [0, 0.05) is 18.3 Å². The van der Waals surface area contributed by atoms with Gasteiger partial charge in [0.15, 0.2) is 17.3 Å². The van der Waals surface area contributed by atoms with Gasteiger partial charge < -0.3 is 10.0 Å². The molecule has 1 N–H and O–H groups in total. The van der Waals surface area contributed by atoms with Crippen LogP contribution in [0.25, 0.3) is 5.69 Å². The number of likely N-dealkylation sites (tertiary alicyclic amines) is 1. The first-order valence-electron chi connectivity index (χ1n) is 7.44. The number of carboxylic acid groups (broad SMARTS) is 1. The van der Waals surface area contributed by atoms with Gasteiger partial charge in [-0.05, 0) is 31.9 Å². The third-order valence-corrected chi connectivity index (χ3v) is 4.07. The standard InChI is InChI=1S/C16H15F2N3O3/c1-9-8-21(14-10(17)4-2-5-11(14)18)19-13(9)15(22)20-7-3-6-12(20)16(23)24/h2,4-5,8,12H,3,6-7H2,1H3,(H,23,24). The van der Waals surface area contributed by atoms with Crippen LogP contribution in [0.1, 0.15) is 28.9 Å². The van der Waals surface area contributed by atoms with Crippen LogP contribution >= 0.6 is 0 Å². The van der Waals surface area contributed by atoms with Crippen molar-refractivity contribution in [2.45, 2.75) is 25.8 Å². The van der Waals surface area contributed by atoms with E-state index in [2.05, 4.69) is 5.10 Å². The molecule has 1 unspecified atom stereocenters. The Morgan fingerprint density at radius 3 is 2.58 bits per heavy atom. The number of aliphatic carboxylic acids is 1. The molecular weight excluding hydrogens is 320 g/mol. The lowest BCUT2D eigenvalue weighted by Gasteiger charge is -2.20. The number of hydrogen-bond donors (Lipinski definition) is 1. The molecule has 2 aromatic rings. The van der Waals surface area contributed by atoms with Gasteiger partial charge in [0.25, 0.3) is 5.91 Å². The number of aryl methyl sites for hydroxylation is 1. The van der Waals surface area contributed by atoms with Crippen molar-refractivity contribution in [1.29, 1.82) is 0 Å². The number of rotatable bonds is 3. The molecule has 0 spiro atoms. The van der Waals surface area contributed by atoms with Gasteiger partial charge in [0.1, 0.15) is 11.7 Å². The Morgan fingerprint density at radius 1 is 1.29 bits per heavy atom. The minimum absolute atomic E-state index is 0.00852. The monoisotopic (exact) mass is 335 g/mol. The Labute approximate surface area is 136 Å². The Balaban J connectivity index is 1.98. The molecule has 3 rings (SSSR count). The van der Waals surface area contributed by atoms with Crippen LogP contribution in [0.3, 0.4) is 0 Å². The summed E-state index contributed by atoms with van der Waals surface area (Å²) in [7, 11) is 0. The van der Waals surface area contributed by atoms with Crippen molar-refractivity contribution in [2.75, 3.05) is 6.54 Å². The van der Waals surface area contributed by atoms with E-state index in [-0.39, 0.29) is 11.4 Å². The third kappa shape index (κ3) is 2.64. The molecule has 1 amide bonds. The summed E-state index contributed by atoms with van der Waals surface area (Å²) in [6, 6.07) is 2.53. The zero-order valence-electron chi connectivity index (χ0n) is 12.9. The van der Waals surface area contributed by atoms with E-state index in [0.29, 0.717) is 24.9 Å². The molecule has 1 aromatic carbocycles. The van der Waals surface area contributed by atoms with Crippen LogP contribution in [0.5, 0.6) is 0 Å². The van der Waals surface area contributed by atoms with Crippen molar-refractivity contribution in [3.63, 3.8) is 0 Å². The van der Waals surface area contributed by atoms with Crippen molar-refractivity contribution in [3.8, 4) is 5.69 Å². The number of carbonyl (C=O) groups is 2. The average molecular weight is 335 g/mol. The number of amides is 1. The molecule has 0 aliphatic carbocycles. The lowest BCUT2D eigenvalue weighted by Crippen LogP contribution is -2.40. The fraction of sp³-hybridized carbons (Fsp3) is 0.312. The van der Waals surface area contributed by atoms with E-state index in [1.165, 1.54) is 17.2 Å². The number of halogens is 2. The highest BCUT2D eigenvalue weighted by atomic mass is 19.1. The molecule has 1 fully saturated rings. The van der Waals surface area contributed by atoms with Crippen LogP contribution < -0.4 is 0 Å². The molecule has 2 heterocycles. The van der Waals surface area contributed by atoms with Crippen molar-refractivity contribution >= 4 is 11.9 Å². The lowest BCUT2D eigenvalue weighted by molar-refractivity contribution is -0.141. The van der Waals surface area contributed by atoms with Crippen LogP contribution in [-0.2, 0) is 4.79 Å². The van der Waals surface area contributed by atoms with Crippen LogP contribution in [0.4, 0.5) is 8.78 Å². The molecular formula is C16H15F2N3O3. The van der Waals surface area contributed by atoms with Gasteiger partial charge in [-0.25, -0.2) is 18.3 Å². The maximum absolute atomic E-state index is 13.9. The summed E-state index contributed by atoms with van der Waals surface area (Å²) in [4.78, 5) is 25.1. The molecule has 0 radical (unpaired) electrons. The minimum atomic E-state index is -1.07. The summed E-state index contributed by atoms with van der Waals surface area (Å²) in [5.41, 5.74) is 0.0281. The smallest absolute Gasteiger partial charge is 0.326 e. The molecule has 6 nitrogen and oxygen atoms in total. The average Bonchev–Trinajstić information content (AvgIpc) is 3.13. The van der Waals surface area contributed by atoms with Crippen LogP contribution in [-0.4, -0.2) is 44.3 Å². The van der Waals surface area contributed by atoms with Gasteiger partial charge >= 0.3 is 5.97 Å². The van der Waals surface area contributed by atoms with E-state index < -0.39 is 29.6 Å². The van der Waals surface area contributed by atoms with E-state index in [0.717, 1.165) is 16.8 Å². The van der Waals surface area contributed by atoms with Gasteiger partial charge in [-0.1, -0.05) is 6.07 Å². The number of para-hydroxylation sites is 1. The summed E-state index contributed by atoms with van der Waals surface area (Å²) in [5, 5.41) is 13.2. The van der Waals surface area contributed by atoms with Crippen molar-refractivity contribution in [3.05, 3.63) is 47.3 Å². The van der Waals surface area contributed by atoms with Gasteiger partial charge in [0.2, 0.25) is 0 Å². The number of carboxylic acids is 1. The SMILES string of the molecule is Cc1cn(-c2c(F)cccc2F)nc1C(=O)N1CCCC1C(=O)O. The van der Waals surface area contributed by atoms with E-state index in [4.69, 9.17) is 0 Å². The predicted molar refractivity (Wildman–Crippen MR) is 79.9 cm³/mol. The quantitative estimate of drug-likeness (QED) is 0.932. The first kappa shape index (κ1) is 16.1. The van der Waals surface area contributed by atoms with Gasteiger partial charge in [-0.3, -0.25) is 4.79 Å². The van der Waals surface area contributed by atoms with E-state index in [9.17, 15) is 23.5 Å². The highest BCUT2D eigenvalue weighted by molar-refractivity contribution is 5.96. The second kappa shape index (κ2) is 6.03. The zero-order chi connectivity index (χ0) is 17.4. The molecule has 1 saturated heterocycles. The second-order valence-electron chi connectivity index (χ2n) is 5.67. The van der Waals surface area contributed by atoms with Gasteiger partial charge in [-0.15, -0.1) is 0 Å². The van der Waals surface area contributed by atoms with Crippen LogP contribution in [0.15, 0.2) is 24.4 Å². The minimum Gasteiger partial charge on any atom is -0.480 e. The number of aromatic nitrogens is 2. The normalized spacial score (nSPS) is 17.3. The maximum Gasteiger partial charge on any atom is 0.326 e. The molecule has 1 aromatic heterocycles. The molecule has 1 atom stereocenters. The Morgan fingerprint density at radius 2 is 1.96 bits per heavy atom. The molecule has 1 aliphatic heterocycles. The highest BCUT2D eigenvalue weighted by Crippen LogP contribution is 2.23. The largest absolute Gasteiger partial charge is 0.480 e. The number of carbonyl (C=O) groups excluding carboxylic acids is 1. The summed E-state index contributed by atoms with van der Waals surface area (Å²) in [5.74, 6) is -3.23. The molecule has 0 bridgehead atoms. The Bertz CT molecular complexity index is 799. The Kier molecular flexibility index (Phi) is 4.04. The number of nitrogens with zero attached hydrogens (tertiary/aromatic N) is 3. The van der Waals surface area contributed by atoms with Gasteiger partial charge in [-0.2, -0.15) is 5.10 Å². The zero-order valence-corrected chi connectivity index (χ0v) is 12.9.